The van der Waals surface area contributed by atoms with Crippen LogP contribution in [0.25, 0.3) is 0 Å². The summed E-state index contributed by atoms with van der Waals surface area (Å²) in [6, 6.07) is 17.2. The van der Waals surface area contributed by atoms with Gasteiger partial charge in [-0.3, -0.25) is 0 Å². The van der Waals surface area contributed by atoms with Gasteiger partial charge in [-0.2, -0.15) is 0 Å². The molecule has 2 aromatic carbocycles. The average molecular weight is 366 g/mol. The van der Waals surface area contributed by atoms with Crippen molar-refractivity contribution in [3.63, 3.8) is 0 Å². The highest BCUT2D eigenvalue weighted by atomic mass is 127. The Balaban J connectivity index is 2.06. The molecule has 0 aliphatic rings. The van der Waals surface area contributed by atoms with Crippen molar-refractivity contribution in [2.45, 2.75) is 19.9 Å². The maximum Gasteiger partial charge on any atom is 0.125 e. The molecule has 2 aromatic rings. The van der Waals surface area contributed by atoms with Gasteiger partial charge in [0.25, 0.3) is 0 Å². The highest BCUT2D eigenvalue weighted by molar-refractivity contribution is 14.1. The molecule has 0 aliphatic carbocycles. The molecule has 0 aliphatic heterocycles. The van der Waals surface area contributed by atoms with E-state index in [4.69, 9.17) is 4.74 Å². The van der Waals surface area contributed by atoms with Gasteiger partial charge in [0.2, 0.25) is 0 Å². The molecule has 0 saturated carbocycles. The van der Waals surface area contributed by atoms with E-state index in [9.17, 15) is 0 Å². The standard InChI is InChI=1S/C16H17INO/c1-2-10-19-16-11-14(17)9-8-13(16)12-18-15-6-4-3-5-7-15/h4-9,11,18H,2,10,12H2,1H3. The lowest BCUT2D eigenvalue weighted by atomic mass is 10.2. The number of rotatable bonds is 6. The van der Waals surface area contributed by atoms with E-state index in [0.717, 1.165) is 31.0 Å². The molecule has 0 bridgehead atoms. The third-order valence-corrected chi connectivity index (χ3v) is 3.36. The lowest BCUT2D eigenvalue weighted by Crippen LogP contribution is -2.04. The molecule has 0 aromatic heterocycles. The van der Waals surface area contributed by atoms with Gasteiger partial charge in [0.1, 0.15) is 5.75 Å². The number of hydrogen-bond acceptors (Lipinski definition) is 2. The van der Waals surface area contributed by atoms with Crippen LogP contribution < -0.4 is 10.1 Å². The van der Waals surface area contributed by atoms with Gasteiger partial charge >= 0.3 is 0 Å². The zero-order valence-electron chi connectivity index (χ0n) is 10.9. The Kier molecular flexibility index (Phi) is 5.51. The van der Waals surface area contributed by atoms with Crippen LogP contribution in [0.2, 0.25) is 0 Å². The number of ether oxygens (including phenoxy) is 1. The maximum atomic E-state index is 5.80. The minimum absolute atomic E-state index is 0.757. The van der Waals surface area contributed by atoms with Crippen LogP contribution in [-0.2, 0) is 6.54 Å². The minimum atomic E-state index is 0.757. The minimum Gasteiger partial charge on any atom is -0.493 e. The van der Waals surface area contributed by atoms with Crippen molar-refractivity contribution in [2.75, 3.05) is 11.9 Å². The van der Waals surface area contributed by atoms with Crippen molar-refractivity contribution in [1.29, 1.82) is 0 Å². The SMILES string of the molecule is CCCOc1cc(I)ccc1CNc1cc[c]cc1. The summed E-state index contributed by atoms with van der Waals surface area (Å²) < 4.78 is 7.00. The molecule has 0 saturated heterocycles. The van der Waals surface area contributed by atoms with Gasteiger partial charge in [0.05, 0.1) is 6.61 Å². The first-order chi connectivity index (χ1) is 9.29. The van der Waals surface area contributed by atoms with Crippen LogP contribution in [0.4, 0.5) is 5.69 Å². The van der Waals surface area contributed by atoms with Gasteiger partial charge in [0.15, 0.2) is 0 Å². The molecule has 0 amide bonds. The van der Waals surface area contributed by atoms with Gasteiger partial charge in [-0.05, 0) is 59.3 Å². The second-order valence-electron chi connectivity index (χ2n) is 4.24. The predicted molar refractivity (Wildman–Crippen MR) is 87.5 cm³/mol. The summed E-state index contributed by atoms with van der Waals surface area (Å²) in [5.74, 6) is 0.976. The van der Waals surface area contributed by atoms with Crippen molar-refractivity contribution in [2.24, 2.45) is 0 Å². The first-order valence-electron chi connectivity index (χ1n) is 6.41. The monoisotopic (exact) mass is 366 g/mol. The normalized spacial score (nSPS) is 10.2. The number of benzene rings is 2. The van der Waals surface area contributed by atoms with Crippen molar-refractivity contribution in [3.8, 4) is 5.75 Å². The fraction of sp³-hybridized carbons (Fsp3) is 0.250. The van der Waals surface area contributed by atoms with Crippen LogP contribution in [0.1, 0.15) is 18.9 Å². The van der Waals surface area contributed by atoms with E-state index in [1.54, 1.807) is 0 Å². The lowest BCUT2D eigenvalue weighted by molar-refractivity contribution is 0.314. The lowest BCUT2D eigenvalue weighted by Gasteiger charge is -2.13. The highest BCUT2D eigenvalue weighted by Crippen LogP contribution is 2.23. The molecule has 2 nitrogen and oxygen atoms in total. The fourth-order valence-corrected chi connectivity index (χ4v) is 2.19. The summed E-state index contributed by atoms with van der Waals surface area (Å²) in [7, 11) is 0. The van der Waals surface area contributed by atoms with E-state index in [0.29, 0.717) is 0 Å². The van der Waals surface area contributed by atoms with Crippen LogP contribution in [0.5, 0.6) is 5.75 Å². The van der Waals surface area contributed by atoms with E-state index >= 15 is 0 Å². The van der Waals surface area contributed by atoms with Crippen molar-refractivity contribution >= 4 is 28.3 Å². The fourth-order valence-electron chi connectivity index (χ4n) is 1.72. The molecule has 0 atom stereocenters. The highest BCUT2D eigenvalue weighted by Gasteiger charge is 2.04. The largest absolute Gasteiger partial charge is 0.493 e. The average Bonchev–Trinajstić information content (AvgIpc) is 2.45. The zero-order chi connectivity index (χ0) is 13.5. The Hall–Kier alpha value is -1.23. The summed E-state index contributed by atoms with van der Waals surface area (Å²) >= 11 is 2.31. The number of halogens is 1. The van der Waals surface area contributed by atoms with Gasteiger partial charge < -0.3 is 10.1 Å². The van der Waals surface area contributed by atoms with Crippen LogP contribution in [0.3, 0.4) is 0 Å². The van der Waals surface area contributed by atoms with Gasteiger partial charge in [-0.15, -0.1) is 0 Å². The van der Waals surface area contributed by atoms with Gasteiger partial charge in [-0.25, -0.2) is 0 Å². The van der Waals surface area contributed by atoms with E-state index in [2.05, 4.69) is 59.1 Å². The molecule has 19 heavy (non-hydrogen) atoms. The van der Waals surface area contributed by atoms with E-state index in [1.807, 2.05) is 24.3 Å². The second kappa shape index (κ2) is 7.38. The molecule has 0 spiro atoms. The Labute approximate surface area is 128 Å². The number of nitrogens with one attached hydrogen (secondary N) is 1. The van der Waals surface area contributed by atoms with Crippen LogP contribution in [-0.4, -0.2) is 6.61 Å². The summed E-state index contributed by atoms with van der Waals surface area (Å²) in [5, 5.41) is 3.39. The molecule has 1 N–H and O–H groups in total. The van der Waals surface area contributed by atoms with Crippen molar-refractivity contribution in [3.05, 3.63) is 57.7 Å². The molecule has 3 heteroatoms. The van der Waals surface area contributed by atoms with Gasteiger partial charge in [0, 0.05) is 21.4 Å². The third-order valence-electron chi connectivity index (χ3n) is 2.69. The summed E-state index contributed by atoms with van der Waals surface area (Å²) in [6.45, 7) is 3.64. The van der Waals surface area contributed by atoms with E-state index in [-0.39, 0.29) is 0 Å². The quantitative estimate of drug-likeness (QED) is 0.761. The van der Waals surface area contributed by atoms with Crippen molar-refractivity contribution in [1.82, 2.24) is 0 Å². The number of hydrogen-bond donors (Lipinski definition) is 1. The van der Waals surface area contributed by atoms with Crippen LogP contribution in [0.15, 0.2) is 42.5 Å². The van der Waals surface area contributed by atoms with Gasteiger partial charge in [-0.1, -0.05) is 25.1 Å². The topological polar surface area (TPSA) is 21.3 Å². The second-order valence-corrected chi connectivity index (χ2v) is 5.49. The van der Waals surface area contributed by atoms with Crippen molar-refractivity contribution < 1.29 is 4.74 Å². The summed E-state index contributed by atoms with van der Waals surface area (Å²) in [5.41, 5.74) is 2.28. The van der Waals surface area contributed by atoms with E-state index < -0.39 is 0 Å². The molecule has 2 rings (SSSR count). The van der Waals surface area contributed by atoms with Crippen LogP contribution >= 0.6 is 22.6 Å². The van der Waals surface area contributed by atoms with E-state index in [1.165, 1.54) is 9.13 Å². The summed E-state index contributed by atoms with van der Waals surface area (Å²) in [4.78, 5) is 0. The molecule has 0 heterocycles. The Morgan fingerprint density at radius 1 is 1.21 bits per heavy atom. The maximum absolute atomic E-state index is 5.80. The molecular weight excluding hydrogens is 349 g/mol. The first kappa shape index (κ1) is 14.2. The zero-order valence-corrected chi connectivity index (χ0v) is 13.1. The summed E-state index contributed by atoms with van der Waals surface area (Å²) in [6.07, 6.45) is 1.02. The molecule has 99 valence electrons. The molecular formula is C16H17INO. The Bertz CT molecular complexity index is 513. The number of anilines is 1. The Morgan fingerprint density at radius 3 is 2.74 bits per heavy atom. The molecule has 1 radical (unpaired) electrons. The third kappa shape index (κ3) is 4.42. The first-order valence-corrected chi connectivity index (χ1v) is 7.48. The smallest absolute Gasteiger partial charge is 0.125 e. The molecule has 0 fully saturated rings. The predicted octanol–water partition coefficient (Wildman–Crippen LogP) is 4.49. The molecule has 0 unspecified atom stereocenters. The van der Waals surface area contributed by atoms with Crippen LogP contribution in [0, 0.1) is 9.64 Å². The Morgan fingerprint density at radius 2 is 2.00 bits per heavy atom.